The number of rotatable bonds is 3. The lowest BCUT2D eigenvalue weighted by atomic mass is 10.0. The quantitative estimate of drug-likeness (QED) is 0.878. The molecule has 2 nitrogen and oxygen atoms in total. The molecule has 0 unspecified atom stereocenters. The molecule has 2 aromatic rings. The number of nitrogens with one attached hydrogen (secondary N) is 1. The number of aryl methyl sites for hydroxylation is 2. The second-order valence-corrected chi connectivity index (χ2v) is 4.21. The van der Waals surface area contributed by atoms with Crippen molar-refractivity contribution in [3.8, 4) is 11.3 Å². The Labute approximate surface area is 100 Å². The van der Waals surface area contributed by atoms with Crippen LogP contribution in [0.15, 0.2) is 28.7 Å². The summed E-state index contributed by atoms with van der Waals surface area (Å²) >= 11 is 0. The molecule has 2 rings (SSSR count). The zero-order valence-corrected chi connectivity index (χ0v) is 10.3. The van der Waals surface area contributed by atoms with E-state index in [4.69, 9.17) is 4.42 Å². The fourth-order valence-corrected chi connectivity index (χ4v) is 2.08. The van der Waals surface area contributed by atoms with Gasteiger partial charge in [-0.1, -0.05) is 0 Å². The molecule has 1 aromatic carbocycles. The first-order valence-corrected chi connectivity index (χ1v) is 5.62. The lowest BCUT2D eigenvalue weighted by Gasteiger charge is -2.07. The third kappa shape index (κ3) is 2.39. The van der Waals surface area contributed by atoms with E-state index in [1.54, 1.807) is 0 Å². The Morgan fingerprint density at radius 3 is 2.41 bits per heavy atom. The Morgan fingerprint density at radius 2 is 1.82 bits per heavy atom. The average Bonchev–Trinajstić information content (AvgIpc) is 2.65. The van der Waals surface area contributed by atoms with Gasteiger partial charge in [-0.25, -0.2) is 4.39 Å². The highest BCUT2D eigenvalue weighted by Crippen LogP contribution is 2.29. The van der Waals surface area contributed by atoms with Gasteiger partial charge in [-0.3, -0.25) is 0 Å². The summed E-state index contributed by atoms with van der Waals surface area (Å²) in [6.45, 7) is 4.48. The Bertz CT molecular complexity index is 508. The van der Waals surface area contributed by atoms with Crippen LogP contribution < -0.4 is 5.32 Å². The molecule has 3 heteroatoms. The second kappa shape index (κ2) is 4.72. The van der Waals surface area contributed by atoms with Gasteiger partial charge in [-0.15, -0.1) is 0 Å². The van der Waals surface area contributed by atoms with Crippen molar-refractivity contribution in [2.75, 3.05) is 7.05 Å². The molecule has 0 spiro atoms. The molecule has 1 aromatic heterocycles. The minimum Gasteiger partial charge on any atom is -0.460 e. The summed E-state index contributed by atoms with van der Waals surface area (Å²) in [5.74, 6) is 1.47. The van der Waals surface area contributed by atoms with Crippen molar-refractivity contribution >= 4 is 0 Å². The molecule has 0 fully saturated rings. The molecule has 0 amide bonds. The van der Waals surface area contributed by atoms with Crippen LogP contribution in [0.3, 0.4) is 0 Å². The summed E-state index contributed by atoms with van der Waals surface area (Å²) in [6.07, 6.45) is 0. The van der Waals surface area contributed by atoms with Crippen molar-refractivity contribution in [2.24, 2.45) is 0 Å². The van der Waals surface area contributed by atoms with Crippen LogP contribution in [0.5, 0.6) is 0 Å². The first-order valence-electron chi connectivity index (χ1n) is 5.62. The first-order chi connectivity index (χ1) is 8.11. The van der Waals surface area contributed by atoms with Gasteiger partial charge in [0.1, 0.15) is 17.3 Å². The third-order valence-corrected chi connectivity index (χ3v) is 2.76. The zero-order valence-electron chi connectivity index (χ0n) is 10.3. The predicted molar refractivity (Wildman–Crippen MR) is 66.3 cm³/mol. The molecule has 1 heterocycles. The van der Waals surface area contributed by atoms with Crippen LogP contribution in [0, 0.1) is 19.7 Å². The van der Waals surface area contributed by atoms with E-state index < -0.39 is 0 Å². The Balaban J connectivity index is 2.45. The third-order valence-electron chi connectivity index (χ3n) is 2.76. The Morgan fingerprint density at radius 1 is 1.18 bits per heavy atom. The molecular formula is C14H16FNO. The van der Waals surface area contributed by atoms with Crippen LogP contribution in [0.25, 0.3) is 11.3 Å². The van der Waals surface area contributed by atoms with Crippen LogP contribution in [0.2, 0.25) is 0 Å². The molecule has 0 aliphatic rings. The van der Waals surface area contributed by atoms with E-state index in [2.05, 4.69) is 5.32 Å². The van der Waals surface area contributed by atoms with Crippen molar-refractivity contribution in [3.63, 3.8) is 0 Å². The van der Waals surface area contributed by atoms with Crippen molar-refractivity contribution in [3.05, 3.63) is 47.0 Å². The zero-order chi connectivity index (χ0) is 12.4. The smallest absolute Gasteiger partial charge is 0.134 e. The van der Waals surface area contributed by atoms with E-state index in [9.17, 15) is 4.39 Å². The van der Waals surface area contributed by atoms with Crippen LogP contribution in [-0.4, -0.2) is 7.05 Å². The minimum absolute atomic E-state index is 0.203. The minimum atomic E-state index is -0.203. The predicted octanol–water partition coefficient (Wildman–Crippen LogP) is 3.42. The lowest BCUT2D eigenvalue weighted by molar-refractivity contribution is 0.506. The van der Waals surface area contributed by atoms with E-state index in [-0.39, 0.29) is 5.82 Å². The summed E-state index contributed by atoms with van der Waals surface area (Å²) in [7, 11) is 1.87. The van der Waals surface area contributed by atoms with E-state index in [1.165, 1.54) is 12.1 Å². The van der Waals surface area contributed by atoms with Gasteiger partial charge >= 0.3 is 0 Å². The number of furan rings is 1. The lowest BCUT2D eigenvalue weighted by Crippen LogP contribution is -2.03. The molecular weight excluding hydrogens is 217 g/mol. The number of halogens is 1. The van der Waals surface area contributed by atoms with Crippen molar-refractivity contribution in [1.29, 1.82) is 0 Å². The van der Waals surface area contributed by atoms with Gasteiger partial charge in [0.25, 0.3) is 0 Å². The summed E-state index contributed by atoms with van der Waals surface area (Å²) in [5.41, 5.74) is 2.77. The Hall–Kier alpha value is -1.61. The normalized spacial score (nSPS) is 10.8. The molecule has 90 valence electrons. The van der Waals surface area contributed by atoms with Gasteiger partial charge in [-0.05, 0) is 56.3 Å². The standard InChI is InChI=1S/C14H16FNO/c1-9-6-11(15)7-10(2)14(9)13-5-4-12(17-13)8-16-3/h4-7,16H,8H2,1-3H3. The van der Waals surface area contributed by atoms with Crippen molar-refractivity contribution in [1.82, 2.24) is 5.32 Å². The fraction of sp³-hybridized carbons (Fsp3) is 0.286. The maximum atomic E-state index is 13.2. The van der Waals surface area contributed by atoms with Crippen LogP contribution in [-0.2, 0) is 6.54 Å². The second-order valence-electron chi connectivity index (χ2n) is 4.21. The first kappa shape index (κ1) is 11.9. The number of hydrogen-bond donors (Lipinski definition) is 1. The van der Waals surface area contributed by atoms with E-state index in [0.717, 1.165) is 28.2 Å². The van der Waals surface area contributed by atoms with Gasteiger partial charge in [-0.2, -0.15) is 0 Å². The fourth-order valence-electron chi connectivity index (χ4n) is 2.08. The largest absolute Gasteiger partial charge is 0.460 e. The van der Waals surface area contributed by atoms with Crippen molar-refractivity contribution in [2.45, 2.75) is 20.4 Å². The van der Waals surface area contributed by atoms with Gasteiger partial charge in [0.2, 0.25) is 0 Å². The highest BCUT2D eigenvalue weighted by molar-refractivity contribution is 5.66. The van der Waals surface area contributed by atoms with Crippen LogP contribution in [0.4, 0.5) is 4.39 Å². The molecule has 0 aliphatic carbocycles. The van der Waals surface area contributed by atoms with Gasteiger partial charge < -0.3 is 9.73 Å². The summed E-state index contributed by atoms with van der Waals surface area (Å²) in [4.78, 5) is 0. The van der Waals surface area contributed by atoms with Crippen molar-refractivity contribution < 1.29 is 8.81 Å². The van der Waals surface area contributed by atoms with Crippen LogP contribution in [0.1, 0.15) is 16.9 Å². The monoisotopic (exact) mass is 233 g/mol. The summed E-state index contributed by atoms with van der Waals surface area (Å²) in [5, 5.41) is 3.03. The molecule has 0 atom stereocenters. The topological polar surface area (TPSA) is 25.2 Å². The van der Waals surface area contributed by atoms with E-state index in [1.807, 2.05) is 33.0 Å². The molecule has 0 aliphatic heterocycles. The number of benzene rings is 1. The van der Waals surface area contributed by atoms with Gasteiger partial charge in [0, 0.05) is 5.56 Å². The molecule has 0 bridgehead atoms. The molecule has 0 saturated carbocycles. The average molecular weight is 233 g/mol. The maximum absolute atomic E-state index is 13.2. The molecule has 0 radical (unpaired) electrons. The molecule has 1 N–H and O–H groups in total. The van der Waals surface area contributed by atoms with Gasteiger partial charge in [0.05, 0.1) is 6.54 Å². The maximum Gasteiger partial charge on any atom is 0.134 e. The highest BCUT2D eigenvalue weighted by Gasteiger charge is 2.11. The van der Waals surface area contributed by atoms with Crippen LogP contribution >= 0.6 is 0 Å². The summed E-state index contributed by atoms with van der Waals surface area (Å²) in [6, 6.07) is 6.93. The molecule has 0 saturated heterocycles. The van der Waals surface area contributed by atoms with E-state index in [0.29, 0.717) is 6.54 Å². The van der Waals surface area contributed by atoms with E-state index >= 15 is 0 Å². The Kier molecular flexibility index (Phi) is 3.29. The summed E-state index contributed by atoms with van der Waals surface area (Å²) < 4.78 is 18.9. The molecule has 17 heavy (non-hydrogen) atoms. The van der Waals surface area contributed by atoms with Gasteiger partial charge in [0.15, 0.2) is 0 Å². The number of hydrogen-bond acceptors (Lipinski definition) is 2. The highest BCUT2D eigenvalue weighted by atomic mass is 19.1. The SMILES string of the molecule is CNCc1ccc(-c2c(C)cc(F)cc2C)o1.